The number of methoxy groups -OCH3 is 1. The van der Waals surface area contributed by atoms with E-state index in [1.54, 1.807) is 7.11 Å². The van der Waals surface area contributed by atoms with Gasteiger partial charge in [0.15, 0.2) is 8.32 Å². The quantitative estimate of drug-likeness (QED) is 0.343. The normalized spacial score (nSPS) is 22.0. The molecule has 2 rings (SSSR count). The largest absolute Gasteiger partial charge is 0.496 e. The van der Waals surface area contributed by atoms with Crippen LogP contribution < -0.4 is 4.74 Å². The predicted octanol–water partition coefficient (Wildman–Crippen LogP) is 7.13. The highest BCUT2D eigenvalue weighted by Crippen LogP contribution is 2.41. The van der Waals surface area contributed by atoms with E-state index in [4.69, 9.17) is 9.16 Å². The molecule has 1 aromatic rings. The van der Waals surface area contributed by atoms with Gasteiger partial charge in [-0.1, -0.05) is 36.7 Å². The van der Waals surface area contributed by atoms with Gasteiger partial charge in [-0.05, 0) is 67.9 Å². The zero-order valence-corrected chi connectivity index (χ0v) is 19.9. The molecular formula is C20H33BrO2SSi. The van der Waals surface area contributed by atoms with E-state index in [9.17, 15) is 0 Å². The van der Waals surface area contributed by atoms with Crippen molar-refractivity contribution in [3.05, 3.63) is 22.7 Å². The van der Waals surface area contributed by atoms with Gasteiger partial charge in [-0.15, -0.1) is 11.8 Å². The first-order valence-electron chi connectivity index (χ1n) is 9.26. The molecule has 0 unspecified atom stereocenters. The van der Waals surface area contributed by atoms with Crippen LogP contribution in [0.3, 0.4) is 0 Å². The molecule has 0 bridgehead atoms. The summed E-state index contributed by atoms with van der Waals surface area (Å²) < 4.78 is 13.2. The van der Waals surface area contributed by atoms with Crippen LogP contribution in [0.1, 0.15) is 46.5 Å². The van der Waals surface area contributed by atoms with E-state index < -0.39 is 8.32 Å². The van der Waals surface area contributed by atoms with Crippen LogP contribution in [0.25, 0.3) is 0 Å². The lowest BCUT2D eigenvalue weighted by Crippen LogP contribution is -2.44. The van der Waals surface area contributed by atoms with Crippen LogP contribution >= 0.6 is 27.7 Å². The molecule has 1 fully saturated rings. The Balaban J connectivity index is 1.82. The van der Waals surface area contributed by atoms with Gasteiger partial charge in [0.05, 0.1) is 12.0 Å². The average Bonchev–Trinajstić information content (AvgIpc) is 2.53. The predicted molar refractivity (Wildman–Crippen MR) is 115 cm³/mol. The Kier molecular flexibility index (Phi) is 7.52. The molecule has 142 valence electrons. The van der Waals surface area contributed by atoms with E-state index in [-0.39, 0.29) is 0 Å². The van der Waals surface area contributed by atoms with E-state index in [2.05, 4.69) is 55.9 Å². The van der Waals surface area contributed by atoms with Crippen molar-refractivity contribution in [1.29, 1.82) is 0 Å². The van der Waals surface area contributed by atoms with Crippen LogP contribution in [0.15, 0.2) is 27.6 Å². The third-order valence-corrected chi connectivity index (χ3v) is 12.0. The van der Waals surface area contributed by atoms with Crippen molar-refractivity contribution in [2.75, 3.05) is 12.9 Å². The summed E-state index contributed by atoms with van der Waals surface area (Å²) in [5, 5.41) is 0.303. The van der Waals surface area contributed by atoms with Crippen molar-refractivity contribution >= 4 is 36.0 Å². The van der Waals surface area contributed by atoms with E-state index >= 15 is 0 Å². The molecule has 0 aliphatic heterocycles. The van der Waals surface area contributed by atoms with Crippen molar-refractivity contribution in [3.8, 4) is 5.75 Å². The van der Waals surface area contributed by atoms with Crippen molar-refractivity contribution < 1.29 is 9.16 Å². The van der Waals surface area contributed by atoms with Crippen molar-refractivity contribution in [1.82, 2.24) is 0 Å². The van der Waals surface area contributed by atoms with Gasteiger partial charge in [0.1, 0.15) is 5.75 Å². The Morgan fingerprint density at radius 2 is 1.80 bits per heavy atom. The molecule has 2 nitrogen and oxygen atoms in total. The summed E-state index contributed by atoms with van der Waals surface area (Å²) >= 11 is 5.49. The maximum atomic E-state index is 6.61. The Morgan fingerprint density at radius 1 is 1.16 bits per heavy atom. The van der Waals surface area contributed by atoms with Crippen LogP contribution in [-0.2, 0) is 4.43 Å². The molecule has 0 aromatic heterocycles. The molecule has 1 aliphatic carbocycles. The number of halogens is 1. The lowest BCUT2D eigenvalue weighted by molar-refractivity contribution is 0.121. The number of hydrogen-bond acceptors (Lipinski definition) is 3. The molecule has 0 spiro atoms. The van der Waals surface area contributed by atoms with E-state index in [1.807, 2.05) is 23.9 Å². The number of thioether (sulfide) groups is 1. The lowest BCUT2D eigenvalue weighted by Gasteiger charge is -2.41. The first kappa shape index (κ1) is 21.3. The summed E-state index contributed by atoms with van der Waals surface area (Å²) in [6, 6.07) is 6.23. The molecule has 1 aromatic carbocycles. The van der Waals surface area contributed by atoms with Gasteiger partial charge in [0, 0.05) is 16.3 Å². The van der Waals surface area contributed by atoms with Gasteiger partial charge < -0.3 is 9.16 Å². The molecule has 0 heterocycles. The highest BCUT2D eigenvalue weighted by Gasteiger charge is 2.39. The first-order chi connectivity index (χ1) is 11.6. The summed E-state index contributed by atoms with van der Waals surface area (Å²) in [6.07, 6.45) is 5.47. The molecule has 1 aliphatic rings. The zero-order chi connectivity index (χ0) is 18.7. The molecule has 0 amide bonds. The standard InChI is InChI=1S/C20H33BrO2SSi/c1-20(2,3)25(5,6)23-17-10-7-15(8-11-17)14-24-19-13-16(21)9-12-18(19)22-4/h9,12-13,15,17H,7-8,10-11,14H2,1-6H3. The molecule has 0 saturated heterocycles. The van der Waals surface area contributed by atoms with Crippen LogP contribution in [0.4, 0.5) is 0 Å². The summed E-state index contributed by atoms with van der Waals surface area (Å²) in [6.45, 7) is 11.7. The van der Waals surface area contributed by atoms with Gasteiger partial charge in [-0.2, -0.15) is 0 Å². The van der Waals surface area contributed by atoms with Gasteiger partial charge >= 0.3 is 0 Å². The Hall–Kier alpha value is 0.0269. The lowest BCUT2D eigenvalue weighted by atomic mass is 9.89. The highest BCUT2D eigenvalue weighted by molar-refractivity contribution is 9.10. The number of ether oxygens (including phenoxy) is 1. The summed E-state index contributed by atoms with van der Waals surface area (Å²) in [5.74, 6) is 2.93. The van der Waals surface area contributed by atoms with Crippen LogP contribution in [0.5, 0.6) is 5.75 Å². The summed E-state index contributed by atoms with van der Waals surface area (Å²) in [5.41, 5.74) is 0. The van der Waals surface area contributed by atoms with Gasteiger partial charge in [0.2, 0.25) is 0 Å². The second-order valence-corrected chi connectivity index (χ2v) is 15.4. The van der Waals surface area contributed by atoms with E-state index in [0.717, 1.165) is 16.1 Å². The minimum Gasteiger partial charge on any atom is -0.496 e. The molecule has 0 radical (unpaired) electrons. The second kappa shape index (κ2) is 8.81. The SMILES string of the molecule is COc1ccc(Br)cc1SCC1CCC(O[Si](C)(C)C(C)(C)C)CC1. The fourth-order valence-corrected chi connectivity index (χ4v) is 6.17. The second-order valence-electron chi connectivity index (χ2n) is 8.63. The first-order valence-corrected chi connectivity index (χ1v) is 14.0. The molecule has 1 saturated carbocycles. The topological polar surface area (TPSA) is 18.5 Å². The zero-order valence-electron chi connectivity index (χ0n) is 16.5. The monoisotopic (exact) mass is 444 g/mol. The Morgan fingerprint density at radius 3 is 2.36 bits per heavy atom. The summed E-state index contributed by atoms with van der Waals surface area (Å²) in [4.78, 5) is 1.23. The van der Waals surface area contributed by atoms with Crippen LogP contribution in [0, 0.1) is 5.92 Å². The molecular weight excluding hydrogens is 412 g/mol. The third kappa shape index (κ3) is 6.01. The van der Waals surface area contributed by atoms with Crippen LogP contribution in [0.2, 0.25) is 18.1 Å². The van der Waals surface area contributed by atoms with Gasteiger partial charge in [-0.25, -0.2) is 0 Å². The smallest absolute Gasteiger partial charge is 0.192 e. The maximum Gasteiger partial charge on any atom is 0.192 e. The number of rotatable bonds is 6. The third-order valence-electron chi connectivity index (χ3n) is 5.66. The molecule has 0 atom stereocenters. The minimum absolute atomic E-state index is 0.303. The fraction of sp³-hybridized carbons (Fsp3) is 0.700. The van der Waals surface area contributed by atoms with Crippen molar-refractivity contribution in [2.45, 2.75) is 75.6 Å². The van der Waals surface area contributed by atoms with E-state index in [1.165, 1.54) is 36.3 Å². The van der Waals surface area contributed by atoms with Crippen molar-refractivity contribution in [3.63, 3.8) is 0 Å². The molecule has 5 heteroatoms. The molecule has 25 heavy (non-hydrogen) atoms. The summed E-state index contributed by atoms with van der Waals surface area (Å²) in [7, 11) is 0.116. The fourth-order valence-electron chi connectivity index (χ4n) is 2.98. The number of hydrogen-bond donors (Lipinski definition) is 0. The Bertz CT molecular complexity index is 563. The van der Waals surface area contributed by atoms with Gasteiger partial charge in [-0.3, -0.25) is 0 Å². The highest BCUT2D eigenvalue weighted by atomic mass is 79.9. The van der Waals surface area contributed by atoms with E-state index in [0.29, 0.717) is 11.1 Å². The average molecular weight is 446 g/mol. The number of benzene rings is 1. The maximum absolute atomic E-state index is 6.61. The van der Waals surface area contributed by atoms with Crippen LogP contribution in [-0.4, -0.2) is 27.3 Å². The Labute approximate surface area is 167 Å². The molecule has 0 N–H and O–H groups in total. The van der Waals surface area contributed by atoms with Gasteiger partial charge in [0.25, 0.3) is 0 Å². The minimum atomic E-state index is -1.63. The van der Waals surface area contributed by atoms with Crippen molar-refractivity contribution in [2.24, 2.45) is 5.92 Å².